The first-order valence-electron chi connectivity index (χ1n) is 9.17. The molecule has 5 heteroatoms. The van der Waals surface area contributed by atoms with Crippen LogP contribution in [0.2, 0.25) is 0 Å². The molecule has 5 nitrogen and oxygen atoms in total. The molecule has 3 rings (SSSR count). The van der Waals surface area contributed by atoms with Crippen LogP contribution in [0, 0.1) is 5.92 Å². The minimum atomic E-state index is -0.284. The number of likely N-dealkylation sites (tertiary alicyclic amines) is 2. The maximum absolute atomic E-state index is 11.2. The van der Waals surface area contributed by atoms with Gasteiger partial charge in [0.15, 0.2) is 0 Å². The fourth-order valence-electron chi connectivity index (χ4n) is 4.15. The van der Waals surface area contributed by atoms with Crippen molar-refractivity contribution in [1.82, 2.24) is 15.1 Å². The normalized spacial score (nSPS) is 26.5. The minimum Gasteiger partial charge on any atom is -0.351 e. The van der Waals surface area contributed by atoms with Gasteiger partial charge in [0.2, 0.25) is 0 Å². The van der Waals surface area contributed by atoms with Crippen molar-refractivity contribution in [3.8, 4) is 0 Å². The number of nitrogens with zero attached hydrogens (tertiary/aromatic N) is 2. The topological polar surface area (TPSA) is 61.6 Å². The first-order valence-corrected chi connectivity index (χ1v) is 9.17. The predicted molar refractivity (Wildman–Crippen MR) is 96.6 cm³/mol. The Kier molecular flexibility index (Phi) is 5.74. The molecule has 132 valence electrons. The van der Waals surface area contributed by atoms with Gasteiger partial charge >= 0.3 is 6.03 Å². The Hall–Kier alpha value is -1.59. The van der Waals surface area contributed by atoms with Crippen molar-refractivity contribution in [2.45, 2.75) is 44.8 Å². The highest BCUT2D eigenvalue weighted by Crippen LogP contribution is 2.20. The highest BCUT2D eigenvalue weighted by atomic mass is 16.2. The number of piperidine rings is 2. The second-order valence-corrected chi connectivity index (χ2v) is 7.48. The van der Waals surface area contributed by atoms with Crippen molar-refractivity contribution >= 4 is 6.03 Å². The van der Waals surface area contributed by atoms with E-state index < -0.39 is 0 Å². The van der Waals surface area contributed by atoms with E-state index in [1.54, 1.807) is 4.90 Å². The van der Waals surface area contributed by atoms with E-state index in [0.717, 1.165) is 39.0 Å². The zero-order valence-corrected chi connectivity index (χ0v) is 14.7. The average Bonchev–Trinajstić information content (AvgIpc) is 2.55. The summed E-state index contributed by atoms with van der Waals surface area (Å²) < 4.78 is 0. The van der Waals surface area contributed by atoms with Gasteiger partial charge < -0.3 is 16.0 Å². The lowest BCUT2D eigenvalue weighted by Crippen LogP contribution is -2.54. The Balaban J connectivity index is 1.50. The monoisotopic (exact) mass is 330 g/mol. The predicted octanol–water partition coefficient (Wildman–Crippen LogP) is 2.03. The van der Waals surface area contributed by atoms with E-state index in [1.807, 2.05) is 0 Å². The number of urea groups is 1. The summed E-state index contributed by atoms with van der Waals surface area (Å²) in [5.74, 6) is 0.714. The molecule has 0 aromatic heterocycles. The fraction of sp³-hybridized carbons (Fsp3) is 0.632. The minimum absolute atomic E-state index is 0.284. The molecule has 2 fully saturated rings. The average molecular weight is 330 g/mol. The first kappa shape index (κ1) is 17.2. The molecule has 2 atom stereocenters. The van der Waals surface area contributed by atoms with Gasteiger partial charge in [0.05, 0.1) is 0 Å². The molecule has 0 saturated carbocycles. The Morgan fingerprint density at radius 2 is 1.88 bits per heavy atom. The summed E-state index contributed by atoms with van der Waals surface area (Å²) in [6.07, 6.45) is 3.25. The smallest absolute Gasteiger partial charge is 0.314 e. The number of benzene rings is 1. The van der Waals surface area contributed by atoms with Crippen LogP contribution in [0.15, 0.2) is 30.3 Å². The molecule has 0 aliphatic carbocycles. The van der Waals surface area contributed by atoms with Crippen molar-refractivity contribution < 1.29 is 4.79 Å². The fourth-order valence-corrected chi connectivity index (χ4v) is 4.15. The van der Waals surface area contributed by atoms with Gasteiger partial charge in [0.25, 0.3) is 0 Å². The third-order valence-corrected chi connectivity index (χ3v) is 5.26. The Morgan fingerprint density at radius 1 is 1.17 bits per heavy atom. The maximum atomic E-state index is 11.2. The van der Waals surface area contributed by atoms with Crippen molar-refractivity contribution in [1.29, 1.82) is 0 Å². The van der Waals surface area contributed by atoms with E-state index in [4.69, 9.17) is 5.73 Å². The number of nitrogens with one attached hydrogen (secondary N) is 1. The number of carbonyl (C=O) groups excluding carboxylic acids is 1. The van der Waals surface area contributed by atoms with Crippen molar-refractivity contribution in [2.24, 2.45) is 11.7 Å². The Labute approximate surface area is 145 Å². The van der Waals surface area contributed by atoms with Crippen LogP contribution in [0.4, 0.5) is 4.79 Å². The molecule has 2 amide bonds. The molecule has 2 heterocycles. The Bertz CT molecular complexity index is 527. The quantitative estimate of drug-likeness (QED) is 0.888. The number of hydrogen-bond acceptors (Lipinski definition) is 3. The number of amides is 2. The molecule has 2 aliphatic heterocycles. The third kappa shape index (κ3) is 4.71. The molecule has 1 aromatic rings. The highest BCUT2D eigenvalue weighted by molar-refractivity contribution is 5.72. The van der Waals surface area contributed by atoms with E-state index in [2.05, 4.69) is 47.5 Å². The molecule has 0 radical (unpaired) electrons. The van der Waals surface area contributed by atoms with Crippen LogP contribution in [0.3, 0.4) is 0 Å². The van der Waals surface area contributed by atoms with Gasteiger partial charge in [-0.05, 0) is 30.7 Å². The number of nitrogens with two attached hydrogens (primary N) is 1. The number of primary amides is 1. The van der Waals surface area contributed by atoms with Gasteiger partial charge in [-0.25, -0.2) is 4.79 Å². The van der Waals surface area contributed by atoms with Crippen LogP contribution in [0.25, 0.3) is 0 Å². The number of hydrogen-bond donors (Lipinski definition) is 2. The van der Waals surface area contributed by atoms with Crippen LogP contribution >= 0.6 is 0 Å². The largest absolute Gasteiger partial charge is 0.351 e. The summed E-state index contributed by atoms with van der Waals surface area (Å²) >= 11 is 0. The van der Waals surface area contributed by atoms with Gasteiger partial charge in [-0.1, -0.05) is 37.3 Å². The van der Waals surface area contributed by atoms with E-state index >= 15 is 0 Å². The third-order valence-electron chi connectivity index (χ3n) is 5.26. The van der Waals surface area contributed by atoms with Gasteiger partial charge in [-0.2, -0.15) is 0 Å². The molecule has 3 N–H and O–H groups in total. The van der Waals surface area contributed by atoms with Crippen LogP contribution in [-0.2, 0) is 6.54 Å². The number of rotatable bonds is 4. The SMILES string of the molecule is CC1CC(NC2CCN(C(N)=O)CC2)CN(Cc2ccccc2)C1. The molecule has 2 unspecified atom stereocenters. The zero-order chi connectivity index (χ0) is 16.9. The first-order chi connectivity index (χ1) is 11.6. The van der Waals surface area contributed by atoms with Crippen molar-refractivity contribution in [3.63, 3.8) is 0 Å². The lowest BCUT2D eigenvalue weighted by atomic mass is 9.93. The van der Waals surface area contributed by atoms with E-state index in [0.29, 0.717) is 18.0 Å². The van der Waals surface area contributed by atoms with Crippen LogP contribution in [-0.4, -0.2) is 54.1 Å². The van der Waals surface area contributed by atoms with Crippen molar-refractivity contribution in [3.05, 3.63) is 35.9 Å². The molecule has 2 saturated heterocycles. The molecular weight excluding hydrogens is 300 g/mol. The van der Waals surface area contributed by atoms with Crippen LogP contribution in [0.5, 0.6) is 0 Å². The summed E-state index contributed by atoms with van der Waals surface area (Å²) in [5.41, 5.74) is 6.76. The van der Waals surface area contributed by atoms with Crippen LogP contribution < -0.4 is 11.1 Å². The summed E-state index contributed by atoms with van der Waals surface area (Å²) in [5, 5.41) is 3.84. The summed E-state index contributed by atoms with van der Waals surface area (Å²) in [6, 6.07) is 11.5. The van der Waals surface area contributed by atoms with Gasteiger partial charge in [-0.15, -0.1) is 0 Å². The second kappa shape index (κ2) is 7.99. The van der Waals surface area contributed by atoms with Gasteiger partial charge in [0, 0.05) is 44.8 Å². The molecule has 24 heavy (non-hydrogen) atoms. The van der Waals surface area contributed by atoms with Crippen molar-refractivity contribution in [2.75, 3.05) is 26.2 Å². The molecule has 2 aliphatic rings. The van der Waals surface area contributed by atoms with E-state index in [-0.39, 0.29) is 6.03 Å². The molecule has 0 spiro atoms. The molecular formula is C19H30N4O. The van der Waals surface area contributed by atoms with Gasteiger partial charge in [0.1, 0.15) is 0 Å². The summed E-state index contributed by atoms with van der Waals surface area (Å²) in [4.78, 5) is 15.6. The molecule has 0 bridgehead atoms. The Morgan fingerprint density at radius 3 is 2.54 bits per heavy atom. The highest BCUT2D eigenvalue weighted by Gasteiger charge is 2.28. The van der Waals surface area contributed by atoms with Gasteiger partial charge in [-0.3, -0.25) is 4.90 Å². The summed E-state index contributed by atoms with van der Waals surface area (Å²) in [7, 11) is 0. The maximum Gasteiger partial charge on any atom is 0.314 e. The summed E-state index contributed by atoms with van der Waals surface area (Å²) in [6.45, 7) is 7.22. The lowest BCUT2D eigenvalue weighted by molar-refractivity contribution is 0.125. The number of carbonyl (C=O) groups is 1. The zero-order valence-electron chi connectivity index (χ0n) is 14.7. The van der Waals surface area contributed by atoms with E-state index in [1.165, 1.54) is 18.5 Å². The second-order valence-electron chi connectivity index (χ2n) is 7.48. The lowest BCUT2D eigenvalue weighted by Gasteiger charge is -2.40. The molecule has 1 aromatic carbocycles. The van der Waals surface area contributed by atoms with Crippen LogP contribution in [0.1, 0.15) is 31.7 Å². The standard InChI is InChI=1S/C19H30N4O/c1-15-11-18(21-17-7-9-23(10-8-17)19(20)24)14-22(12-15)13-16-5-3-2-4-6-16/h2-6,15,17-18,21H,7-14H2,1H3,(H2,20,24). The van der Waals surface area contributed by atoms with E-state index in [9.17, 15) is 4.79 Å².